The smallest absolute Gasteiger partial charge is 0.119 e. The fourth-order valence-corrected chi connectivity index (χ4v) is 3.74. The van der Waals surface area contributed by atoms with Crippen LogP contribution in [0.5, 0.6) is 23.0 Å². The van der Waals surface area contributed by atoms with Crippen LogP contribution < -0.4 is 0 Å². The molecular weight excluding hydrogens is 376 g/mol. The highest BCUT2D eigenvalue weighted by atomic mass is 16.3. The number of phenolic OH excluding ortho intramolecular Hbond substituents is 4. The summed E-state index contributed by atoms with van der Waals surface area (Å²) in [4.78, 5) is 0. The molecular formula is C26H36O4. The quantitative estimate of drug-likeness (QED) is 0.204. The molecule has 0 fully saturated rings. The van der Waals surface area contributed by atoms with Gasteiger partial charge in [0, 0.05) is 12.1 Å². The van der Waals surface area contributed by atoms with Crippen molar-refractivity contribution in [3.8, 4) is 23.0 Å². The van der Waals surface area contributed by atoms with Crippen molar-refractivity contribution in [1.29, 1.82) is 0 Å². The van der Waals surface area contributed by atoms with Gasteiger partial charge in [-0.05, 0) is 80.3 Å². The third kappa shape index (κ3) is 10.2. The van der Waals surface area contributed by atoms with Crippen LogP contribution in [0.15, 0.2) is 48.6 Å². The Morgan fingerprint density at radius 3 is 1.30 bits per heavy atom. The van der Waals surface area contributed by atoms with Crippen LogP contribution in [0.2, 0.25) is 0 Å². The van der Waals surface area contributed by atoms with E-state index in [0.717, 1.165) is 49.7 Å². The molecule has 0 atom stereocenters. The van der Waals surface area contributed by atoms with Gasteiger partial charge in [-0.2, -0.15) is 0 Å². The summed E-state index contributed by atoms with van der Waals surface area (Å²) in [5, 5.41) is 37.9. The highest BCUT2D eigenvalue weighted by Crippen LogP contribution is 2.23. The molecule has 0 aliphatic heterocycles. The molecule has 4 N–H and O–H groups in total. The molecule has 164 valence electrons. The molecule has 0 heterocycles. The minimum Gasteiger partial charge on any atom is -0.508 e. The minimum atomic E-state index is 0.123. The van der Waals surface area contributed by atoms with Crippen LogP contribution in [0, 0.1) is 0 Å². The third-order valence-electron chi connectivity index (χ3n) is 5.26. The molecule has 0 radical (unpaired) electrons. The molecule has 2 rings (SSSR count). The first kappa shape index (κ1) is 23.7. The molecule has 0 aromatic heterocycles. The topological polar surface area (TPSA) is 80.9 Å². The summed E-state index contributed by atoms with van der Waals surface area (Å²) >= 11 is 0. The van der Waals surface area contributed by atoms with Gasteiger partial charge in [-0.3, -0.25) is 0 Å². The van der Waals surface area contributed by atoms with E-state index in [1.807, 2.05) is 0 Å². The maximum absolute atomic E-state index is 9.48. The van der Waals surface area contributed by atoms with E-state index < -0.39 is 0 Å². The zero-order chi connectivity index (χ0) is 21.6. The maximum Gasteiger partial charge on any atom is 0.119 e. The zero-order valence-corrected chi connectivity index (χ0v) is 17.9. The Morgan fingerprint density at radius 1 is 0.433 bits per heavy atom. The summed E-state index contributed by atoms with van der Waals surface area (Å²) in [6.45, 7) is 0. The van der Waals surface area contributed by atoms with Gasteiger partial charge in [0.2, 0.25) is 0 Å². The van der Waals surface area contributed by atoms with Gasteiger partial charge in [0.25, 0.3) is 0 Å². The predicted octanol–water partition coefficient (Wildman–Crippen LogP) is 6.75. The lowest BCUT2D eigenvalue weighted by Gasteiger charge is -2.04. The van der Waals surface area contributed by atoms with Crippen molar-refractivity contribution in [2.75, 3.05) is 0 Å². The summed E-state index contributed by atoms with van der Waals surface area (Å²) in [5.74, 6) is 0.515. The summed E-state index contributed by atoms with van der Waals surface area (Å²) in [5.41, 5.74) is 1.97. The van der Waals surface area contributed by atoms with Crippen LogP contribution in [0.4, 0.5) is 0 Å². The second-order valence-corrected chi connectivity index (χ2v) is 8.09. The largest absolute Gasteiger partial charge is 0.508 e. The van der Waals surface area contributed by atoms with E-state index in [4.69, 9.17) is 0 Å². The molecule has 30 heavy (non-hydrogen) atoms. The van der Waals surface area contributed by atoms with Gasteiger partial charge in [-0.15, -0.1) is 0 Å². The SMILES string of the molecule is Oc1cc(O)cc(CCC/C=C/CCCCCCCCCc2cc(O)cc(O)c2)c1. The first-order valence-electron chi connectivity index (χ1n) is 11.2. The molecule has 0 spiro atoms. The van der Waals surface area contributed by atoms with Gasteiger partial charge in [-0.1, -0.05) is 44.3 Å². The van der Waals surface area contributed by atoms with Crippen molar-refractivity contribution >= 4 is 0 Å². The lowest BCUT2D eigenvalue weighted by atomic mass is 10.0. The molecule has 0 saturated heterocycles. The molecule has 2 aromatic rings. The molecule has 0 bridgehead atoms. The van der Waals surface area contributed by atoms with Crippen LogP contribution >= 0.6 is 0 Å². The first-order chi connectivity index (χ1) is 14.5. The molecule has 0 aliphatic carbocycles. The molecule has 2 aromatic carbocycles. The average Bonchev–Trinajstić information content (AvgIpc) is 2.66. The van der Waals surface area contributed by atoms with Gasteiger partial charge >= 0.3 is 0 Å². The number of benzene rings is 2. The highest BCUT2D eigenvalue weighted by molar-refractivity contribution is 5.37. The second-order valence-electron chi connectivity index (χ2n) is 8.09. The Morgan fingerprint density at radius 2 is 0.800 bits per heavy atom. The Kier molecular flexibility index (Phi) is 10.7. The lowest BCUT2D eigenvalue weighted by molar-refractivity contribution is 0.448. The molecule has 0 amide bonds. The Labute approximate surface area is 180 Å². The minimum absolute atomic E-state index is 0.123. The van der Waals surface area contributed by atoms with Crippen molar-refractivity contribution in [3.05, 3.63) is 59.7 Å². The monoisotopic (exact) mass is 412 g/mol. The molecule has 4 heteroatoms. The number of hydrogen-bond acceptors (Lipinski definition) is 4. The van der Waals surface area contributed by atoms with Gasteiger partial charge in [-0.25, -0.2) is 0 Å². The summed E-state index contributed by atoms with van der Waals surface area (Å²) in [6.07, 6.45) is 18.0. The number of unbranched alkanes of at least 4 members (excludes halogenated alkanes) is 8. The van der Waals surface area contributed by atoms with Crippen LogP contribution in [0.25, 0.3) is 0 Å². The van der Waals surface area contributed by atoms with Crippen LogP contribution in [-0.2, 0) is 12.8 Å². The first-order valence-corrected chi connectivity index (χ1v) is 11.2. The molecule has 0 unspecified atom stereocenters. The van der Waals surface area contributed by atoms with E-state index in [0.29, 0.717) is 0 Å². The van der Waals surface area contributed by atoms with Crippen LogP contribution in [0.1, 0.15) is 75.3 Å². The van der Waals surface area contributed by atoms with E-state index in [9.17, 15) is 20.4 Å². The number of phenols is 4. The van der Waals surface area contributed by atoms with Gasteiger partial charge in [0.15, 0.2) is 0 Å². The van der Waals surface area contributed by atoms with Crippen molar-refractivity contribution in [3.63, 3.8) is 0 Å². The third-order valence-corrected chi connectivity index (χ3v) is 5.26. The number of allylic oxidation sites excluding steroid dienone is 2. The molecule has 4 nitrogen and oxygen atoms in total. The van der Waals surface area contributed by atoms with Gasteiger partial charge < -0.3 is 20.4 Å². The van der Waals surface area contributed by atoms with E-state index in [-0.39, 0.29) is 23.0 Å². The Balaban J connectivity index is 1.40. The van der Waals surface area contributed by atoms with Crippen LogP contribution in [0.3, 0.4) is 0 Å². The zero-order valence-electron chi connectivity index (χ0n) is 17.9. The van der Waals surface area contributed by atoms with Crippen molar-refractivity contribution in [2.24, 2.45) is 0 Å². The average molecular weight is 413 g/mol. The lowest BCUT2D eigenvalue weighted by Crippen LogP contribution is -1.87. The fraction of sp³-hybridized carbons (Fsp3) is 0.462. The van der Waals surface area contributed by atoms with Crippen molar-refractivity contribution < 1.29 is 20.4 Å². The Bertz CT molecular complexity index is 742. The van der Waals surface area contributed by atoms with E-state index in [1.54, 1.807) is 24.3 Å². The summed E-state index contributed by atoms with van der Waals surface area (Å²) < 4.78 is 0. The maximum atomic E-state index is 9.48. The molecule has 0 saturated carbocycles. The summed E-state index contributed by atoms with van der Waals surface area (Å²) in [6, 6.07) is 9.59. The number of aryl methyl sites for hydroxylation is 2. The number of rotatable bonds is 14. The van der Waals surface area contributed by atoms with Crippen molar-refractivity contribution in [2.45, 2.75) is 77.0 Å². The van der Waals surface area contributed by atoms with E-state index in [1.165, 1.54) is 50.7 Å². The van der Waals surface area contributed by atoms with Crippen LogP contribution in [-0.4, -0.2) is 20.4 Å². The normalized spacial score (nSPS) is 11.3. The predicted molar refractivity (Wildman–Crippen MR) is 122 cm³/mol. The standard InChI is InChI=1S/C26H36O4/c27-23-15-21(16-24(28)19-23)13-11-9-7-5-3-1-2-4-6-8-10-12-14-22-17-25(29)20-26(30)18-22/h5,7,15-20,27-30H,1-4,6,8-14H2/b7-5+. The summed E-state index contributed by atoms with van der Waals surface area (Å²) in [7, 11) is 0. The van der Waals surface area contributed by atoms with Crippen molar-refractivity contribution in [1.82, 2.24) is 0 Å². The number of hydrogen-bond donors (Lipinski definition) is 4. The second kappa shape index (κ2) is 13.6. The van der Waals surface area contributed by atoms with Gasteiger partial charge in [0.05, 0.1) is 0 Å². The highest BCUT2D eigenvalue weighted by Gasteiger charge is 2.00. The fourth-order valence-electron chi connectivity index (χ4n) is 3.74. The Hall–Kier alpha value is -2.62. The van der Waals surface area contributed by atoms with E-state index in [2.05, 4.69) is 12.2 Å². The number of aromatic hydroxyl groups is 4. The molecule has 0 aliphatic rings. The van der Waals surface area contributed by atoms with Gasteiger partial charge in [0.1, 0.15) is 23.0 Å². The van der Waals surface area contributed by atoms with E-state index >= 15 is 0 Å².